The molecule has 1 aliphatic rings. The molecule has 0 atom stereocenters. The Morgan fingerprint density at radius 3 is 2.78 bits per heavy atom. The van der Waals surface area contributed by atoms with Crippen molar-refractivity contribution in [3.05, 3.63) is 35.4 Å². The molecule has 0 bridgehead atoms. The Bertz CT molecular complexity index is 855. The lowest BCUT2D eigenvalue weighted by molar-refractivity contribution is 0.103. The van der Waals surface area contributed by atoms with E-state index < -0.39 is 0 Å². The van der Waals surface area contributed by atoms with Crippen LogP contribution in [0.4, 0.5) is 5.13 Å². The molecule has 4 rings (SSSR count). The highest BCUT2D eigenvalue weighted by Crippen LogP contribution is 2.46. The van der Waals surface area contributed by atoms with Gasteiger partial charge in [0.1, 0.15) is 4.88 Å². The predicted octanol–water partition coefficient (Wildman–Crippen LogP) is 2.76. The fraction of sp³-hybridized carbons (Fsp3) is 0.286. The molecule has 116 valence electrons. The third kappa shape index (κ3) is 2.84. The fourth-order valence-electron chi connectivity index (χ4n) is 1.98. The SMILES string of the molecule is CC1(c2nsc(NC(=O)c3cnc(-c4ncccn4)s3)n2)CC1. The van der Waals surface area contributed by atoms with E-state index in [1.54, 1.807) is 18.5 Å². The Balaban J connectivity index is 1.49. The number of nitrogens with one attached hydrogen (secondary N) is 1. The highest BCUT2D eigenvalue weighted by molar-refractivity contribution is 7.17. The Hall–Kier alpha value is -2.26. The first-order valence-corrected chi connectivity index (χ1v) is 8.62. The molecule has 1 N–H and O–H groups in total. The van der Waals surface area contributed by atoms with E-state index in [1.807, 2.05) is 0 Å². The van der Waals surface area contributed by atoms with Gasteiger partial charge in [0.2, 0.25) is 5.13 Å². The number of rotatable bonds is 4. The molecule has 0 unspecified atom stereocenters. The van der Waals surface area contributed by atoms with Gasteiger partial charge >= 0.3 is 0 Å². The first-order valence-electron chi connectivity index (χ1n) is 7.03. The minimum Gasteiger partial charge on any atom is -0.296 e. The summed E-state index contributed by atoms with van der Waals surface area (Å²) in [5.41, 5.74) is 0.0990. The van der Waals surface area contributed by atoms with Gasteiger partial charge in [0, 0.05) is 29.3 Å². The van der Waals surface area contributed by atoms with Crippen LogP contribution in [0.15, 0.2) is 24.7 Å². The van der Waals surface area contributed by atoms with Gasteiger partial charge in [0.05, 0.1) is 6.20 Å². The van der Waals surface area contributed by atoms with E-state index in [-0.39, 0.29) is 11.3 Å². The Morgan fingerprint density at radius 1 is 1.26 bits per heavy atom. The van der Waals surface area contributed by atoms with Gasteiger partial charge in [0.15, 0.2) is 16.7 Å². The van der Waals surface area contributed by atoms with E-state index in [4.69, 9.17) is 0 Å². The summed E-state index contributed by atoms with van der Waals surface area (Å²) in [6.45, 7) is 2.13. The standard InChI is InChI=1S/C14H12N6OS2/c1-14(3-4-14)12-19-13(23-20-12)18-10(21)8-7-17-11(22-8)9-15-5-2-6-16-9/h2,5-7H,3-4H2,1H3,(H,18,19,20,21). The first kappa shape index (κ1) is 14.3. The molecule has 0 radical (unpaired) electrons. The minimum atomic E-state index is -0.242. The normalized spacial score (nSPS) is 15.3. The number of thiazole rings is 1. The van der Waals surface area contributed by atoms with Crippen LogP contribution in [-0.2, 0) is 5.41 Å². The summed E-state index contributed by atoms with van der Waals surface area (Å²) in [4.78, 5) is 29.6. The van der Waals surface area contributed by atoms with Crippen LogP contribution in [0.3, 0.4) is 0 Å². The van der Waals surface area contributed by atoms with Gasteiger partial charge in [-0.1, -0.05) is 6.92 Å². The zero-order valence-corrected chi connectivity index (χ0v) is 13.8. The van der Waals surface area contributed by atoms with Crippen LogP contribution in [0.25, 0.3) is 10.8 Å². The lowest BCUT2D eigenvalue weighted by Crippen LogP contribution is -2.10. The fourth-order valence-corrected chi connectivity index (χ4v) is 3.44. The van der Waals surface area contributed by atoms with Crippen LogP contribution in [0.2, 0.25) is 0 Å². The second-order valence-electron chi connectivity index (χ2n) is 5.54. The number of amides is 1. The van der Waals surface area contributed by atoms with Crippen LogP contribution >= 0.6 is 22.9 Å². The van der Waals surface area contributed by atoms with Crippen LogP contribution in [-0.4, -0.2) is 30.2 Å². The molecule has 9 heteroatoms. The maximum Gasteiger partial charge on any atom is 0.269 e. The lowest BCUT2D eigenvalue weighted by atomic mass is 10.1. The molecule has 1 saturated carbocycles. The van der Waals surface area contributed by atoms with Crippen LogP contribution in [0.5, 0.6) is 0 Å². The van der Waals surface area contributed by atoms with Crippen molar-refractivity contribution in [1.29, 1.82) is 0 Å². The predicted molar refractivity (Wildman–Crippen MR) is 87.6 cm³/mol. The smallest absolute Gasteiger partial charge is 0.269 e. The minimum absolute atomic E-state index is 0.0990. The molecule has 1 amide bonds. The molecule has 3 aromatic rings. The third-order valence-corrected chi connectivity index (χ3v) is 5.30. The molecule has 0 aromatic carbocycles. The number of nitrogens with zero attached hydrogens (tertiary/aromatic N) is 5. The summed E-state index contributed by atoms with van der Waals surface area (Å²) in [6, 6.07) is 1.73. The van der Waals surface area contributed by atoms with Gasteiger partial charge in [-0.3, -0.25) is 10.1 Å². The zero-order valence-electron chi connectivity index (χ0n) is 12.2. The quantitative estimate of drug-likeness (QED) is 0.782. The van der Waals surface area contributed by atoms with E-state index in [1.165, 1.54) is 29.1 Å². The Kier molecular flexibility index (Phi) is 3.38. The maximum absolute atomic E-state index is 12.3. The first-order chi connectivity index (χ1) is 11.1. The second-order valence-corrected chi connectivity index (χ2v) is 7.32. The van der Waals surface area contributed by atoms with Crippen molar-refractivity contribution in [2.75, 3.05) is 5.32 Å². The van der Waals surface area contributed by atoms with Gasteiger partial charge in [-0.05, 0) is 18.9 Å². The van der Waals surface area contributed by atoms with Crippen molar-refractivity contribution in [2.24, 2.45) is 0 Å². The van der Waals surface area contributed by atoms with Gasteiger partial charge in [-0.25, -0.2) is 19.9 Å². The molecule has 3 heterocycles. The zero-order chi connectivity index (χ0) is 15.9. The molecule has 23 heavy (non-hydrogen) atoms. The summed E-state index contributed by atoms with van der Waals surface area (Å²) in [6.07, 6.45) is 7.02. The number of anilines is 1. The van der Waals surface area contributed by atoms with Gasteiger partial charge < -0.3 is 0 Å². The van der Waals surface area contributed by atoms with E-state index in [9.17, 15) is 4.79 Å². The molecule has 7 nitrogen and oxygen atoms in total. The van der Waals surface area contributed by atoms with Gasteiger partial charge in [0.25, 0.3) is 5.91 Å². The molecule has 3 aromatic heterocycles. The second kappa shape index (κ2) is 5.43. The van der Waals surface area contributed by atoms with Crippen LogP contribution in [0.1, 0.15) is 35.3 Å². The summed E-state index contributed by atoms with van der Waals surface area (Å²) in [5, 5.41) is 3.91. The largest absolute Gasteiger partial charge is 0.296 e. The molecular weight excluding hydrogens is 332 g/mol. The summed E-state index contributed by atoms with van der Waals surface area (Å²) in [7, 11) is 0. The van der Waals surface area contributed by atoms with E-state index in [0.29, 0.717) is 20.8 Å². The van der Waals surface area contributed by atoms with Crippen LogP contribution in [0, 0.1) is 0 Å². The maximum atomic E-state index is 12.3. The average molecular weight is 344 g/mol. The number of hydrogen-bond acceptors (Lipinski definition) is 8. The van der Waals surface area contributed by atoms with E-state index in [2.05, 4.69) is 36.5 Å². The highest BCUT2D eigenvalue weighted by Gasteiger charge is 2.42. The third-order valence-electron chi connectivity index (χ3n) is 3.67. The molecule has 0 spiro atoms. The van der Waals surface area contributed by atoms with E-state index in [0.717, 1.165) is 18.7 Å². The van der Waals surface area contributed by atoms with Crippen molar-refractivity contribution in [3.8, 4) is 10.8 Å². The average Bonchev–Trinajstić information content (AvgIpc) is 2.99. The summed E-state index contributed by atoms with van der Waals surface area (Å²) >= 11 is 2.46. The van der Waals surface area contributed by atoms with Crippen molar-refractivity contribution in [3.63, 3.8) is 0 Å². The highest BCUT2D eigenvalue weighted by atomic mass is 32.1. The van der Waals surface area contributed by atoms with Crippen molar-refractivity contribution >= 4 is 33.9 Å². The molecule has 1 fully saturated rings. The van der Waals surface area contributed by atoms with Gasteiger partial charge in [-0.15, -0.1) is 11.3 Å². The van der Waals surface area contributed by atoms with Crippen molar-refractivity contribution in [2.45, 2.75) is 25.2 Å². The Morgan fingerprint density at radius 2 is 2.04 bits per heavy atom. The Labute approximate surface area is 140 Å². The van der Waals surface area contributed by atoms with Crippen LogP contribution < -0.4 is 5.32 Å². The topological polar surface area (TPSA) is 93.6 Å². The number of aromatic nitrogens is 5. The van der Waals surface area contributed by atoms with Crippen molar-refractivity contribution in [1.82, 2.24) is 24.3 Å². The molecule has 1 aliphatic carbocycles. The summed E-state index contributed by atoms with van der Waals surface area (Å²) in [5.74, 6) is 1.09. The van der Waals surface area contributed by atoms with Crippen molar-refractivity contribution < 1.29 is 4.79 Å². The lowest BCUT2D eigenvalue weighted by Gasteiger charge is -2.00. The number of carbonyl (C=O) groups excluding carboxylic acids is 1. The number of hydrogen-bond donors (Lipinski definition) is 1. The summed E-state index contributed by atoms with van der Waals surface area (Å²) < 4.78 is 4.33. The molecular formula is C14H12N6OS2. The monoisotopic (exact) mass is 344 g/mol. The number of carbonyl (C=O) groups is 1. The molecule has 0 aliphatic heterocycles. The van der Waals surface area contributed by atoms with E-state index >= 15 is 0 Å². The molecule has 0 saturated heterocycles. The van der Waals surface area contributed by atoms with Gasteiger partial charge in [-0.2, -0.15) is 4.37 Å².